The van der Waals surface area contributed by atoms with E-state index in [-0.39, 0.29) is 11.3 Å². The minimum Gasteiger partial charge on any atom is -0.322 e. The number of nitrogens with one attached hydrogen (secondary N) is 1. The number of nitrogens with zero attached hydrogens (tertiary/aromatic N) is 1. The van der Waals surface area contributed by atoms with Crippen molar-refractivity contribution in [2.75, 3.05) is 11.1 Å². The number of hydrogen-bond donors (Lipinski definition) is 1. The summed E-state index contributed by atoms with van der Waals surface area (Å²) in [5.74, 6) is 0.308. The van der Waals surface area contributed by atoms with E-state index in [1.807, 2.05) is 0 Å². The molecule has 5 nitrogen and oxygen atoms in total. The van der Waals surface area contributed by atoms with Crippen molar-refractivity contribution in [3.63, 3.8) is 0 Å². The normalized spacial score (nSPS) is 10.8. The number of amides is 1. The van der Waals surface area contributed by atoms with E-state index in [0.29, 0.717) is 22.1 Å². The zero-order chi connectivity index (χ0) is 19.3. The molecule has 26 heavy (non-hydrogen) atoms. The predicted octanol–water partition coefficient (Wildman–Crippen LogP) is 5.43. The fraction of sp³-hybridized carbons (Fsp3) is 0.316. The lowest BCUT2D eigenvalue weighted by atomic mass is 10.1. The standard InChI is InChI=1S/C19H21FN2O3S/c1-12(2)8-9-26-18-7-5-14(10-17(18)22(24)25)19(23)21-16-11-15(20)6-4-13(16)3/h4-7,10-12H,8-9H2,1-3H3,(H,21,23). The third-order valence-corrected chi connectivity index (χ3v) is 4.91. The summed E-state index contributed by atoms with van der Waals surface area (Å²) >= 11 is 1.41. The number of carbonyl (C=O) groups excluding carboxylic acids is 1. The highest BCUT2D eigenvalue weighted by Gasteiger charge is 2.18. The van der Waals surface area contributed by atoms with Crippen molar-refractivity contribution >= 4 is 29.0 Å². The van der Waals surface area contributed by atoms with Gasteiger partial charge in [-0.15, -0.1) is 11.8 Å². The quantitative estimate of drug-likeness (QED) is 0.397. The van der Waals surface area contributed by atoms with Gasteiger partial charge in [-0.25, -0.2) is 4.39 Å². The Hall–Kier alpha value is -2.41. The lowest BCUT2D eigenvalue weighted by Gasteiger charge is -2.10. The molecule has 0 saturated carbocycles. The van der Waals surface area contributed by atoms with Crippen molar-refractivity contribution in [2.45, 2.75) is 32.1 Å². The molecule has 0 aliphatic heterocycles. The molecule has 0 unspecified atom stereocenters. The molecule has 0 aliphatic carbocycles. The van der Waals surface area contributed by atoms with Crippen molar-refractivity contribution in [3.8, 4) is 0 Å². The van der Waals surface area contributed by atoms with Crippen LogP contribution in [0.15, 0.2) is 41.3 Å². The molecule has 7 heteroatoms. The molecule has 2 aromatic carbocycles. The number of rotatable bonds is 7. The number of carbonyl (C=O) groups is 1. The van der Waals surface area contributed by atoms with Gasteiger partial charge in [-0.1, -0.05) is 19.9 Å². The minimum absolute atomic E-state index is 0.0950. The van der Waals surface area contributed by atoms with Crippen LogP contribution in [-0.4, -0.2) is 16.6 Å². The number of anilines is 1. The van der Waals surface area contributed by atoms with Crippen molar-refractivity contribution in [2.24, 2.45) is 5.92 Å². The molecule has 0 aromatic heterocycles. The largest absolute Gasteiger partial charge is 0.322 e. The molecule has 0 bridgehead atoms. The van der Waals surface area contributed by atoms with Crippen LogP contribution in [0.4, 0.5) is 15.8 Å². The van der Waals surface area contributed by atoms with Gasteiger partial charge >= 0.3 is 0 Å². The highest BCUT2D eigenvalue weighted by molar-refractivity contribution is 7.99. The SMILES string of the molecule is Cc1ccc(F)cc1NC(=O)c1ccc(SCCC(C)C)c([N+](=O)[O-])c1. The Morgan fingerprint density at radius 3 is 2.65 bits per heavy atom. The van der Waals surface area contributed by atoms with Gasteiger partial charge in [0.25, 0.3) is 11.6 Å². The fourth-order valence-electron chi connectivity index (χ4n) is 2.25. The number of aryl methyl sites for hydroxylation is 1. The van der Waals surface area contributed by atoms with E-state index in [2.05, 4.69) is 19.2 Å². The number of hydrogen-bond acceptors (Lipinski definition) is 4. The molecule has 2 aromatic rings. The number of nitro benzene ring substituents is 1. The first kappa shape index (κ1) is 19.9. The third-order valence-electron chi connectivity index (χ3n) is 3.82. The second kappa shape index (κ2) is 8.80. The van der Waals surface area contributed by atoms with Crippen molar-refractivity contribution in [1.29, 1.82) is 0 Å². The molecular weight excluding hydrogens is 355 g/mol. The lowest BCUT2D eigenvalue weighted by molar-refractivity contribution is -0.387. The summed E-state index contributed by atoms with van der Waals surface area (Å²) < 4.78 is 13.4. The third kappa shape index (κ3) is 5.29. The van der Waals surface area contributed by atoms with Crippen molar-refractivity contribution < 1.29 is 14.1 Å². The van der Waals surface area contributed by atoms with E-state index < -0.39 is 16.6 Å². The van der Waals surface area contributed by atoms with Crippen LogP contribution in [0.3, 0.4) is 0 Å². The summed E-state index contributed by atoms with van der Waals surface area (Å²) in [5.41, 5.74) is 1.11. The molecule has 0 atom stereocenters. The Kier molecular flexibility index (Phi) is 6.74. The summed E-state index contributed by atoms with van der Waals surface area (Å²) in [6.07, 6.45) is 0.947. The van der Waals surface area contributed by atoms with E-state index >= 15 is 0 Å². The highest BCUT2D eigenvalue weighted by atomic mass is 32.2. The lowest BCUT2D eigenvalue weighted by Crippen LogP contribution is -2.13. The Balaban J connectivity index is 2.21. The maximum Gasteiger partial charge on any atom is 0.283 e. The average molecular weight is 376 g/mol. The predicted molar refractivity (Wildman–Crippen MR) is 102 cm³/mol. The van der Waals surface area contributed by atoms with E-state index in [4.69, 9.17) is 0 Å². The molecule has 0 fully saturated rings. The van der Waals surface area contributed by atoms with Crippen molar-refractivity contribution in [1.82, 2.24) is 0 Å². The van der Waals surface area contributed by atoms with Crippen LogP contribution in [0, 0.1) is 28.8 Å². The van der Waals surface area contributed by atoms with E-state index in [9.17, 15) is 19.3 Å². The summed E-state index contributed by atoms with van der Waals surface area (Å²) in [6.45, 7) is 5.93. The van der Waals surface area contributed by atoms with Gasteiger partial charge in [0.1, 0.15) is 5.82 Å². The summed E-state index contributed by atoms with van der Waals surface area (Å²) in [4.78, 5) is 23.8. The van der Waals surface area contributed by atoms with E-state index in [1.54, 1.807) is 25.1 Å². The van der Waals surface area contributed by atoms with Crippen LogP contribution in [0.5, 0.6) is 0 Å². The maximum absolute atomic E-state index is 13.4. The van der Waals surface area contributed by atoms with Gasteiger partial charge in [-0.05, 0) is 54.8 Å². The molecule has 0 heterocycles. The van der Waals surface area contributed by atoms with Gasteiger partial charge in [-0.2, -0.15) is 0 Å². The summed E-state index contributed by atoms with van der Waals surface area (Å²) in [6, 6.07) is 8.49. The van der Waals surface area contributed by atoms with Crippen molar-refractivity contribution in [3.05, 3.63) is 63.5 Å². The number of nitro groups is 1. The number of thioether (sulfide) groups is 1. The first-order valence-electron chi connectivity index (χ1n) is 8.26. The second-order valence-electron chi connectivity index (χ2n) is 6.38. The first-order chi connectivity index (χ1) is 12.3. The Morgan fingerprint density at radius 1 is 1.27 bits per heavy atom. The Morgan fingerprint density at radius 2 is 2.00 bits per heavy atom. The monoisotopic (exact) mass is 376 g/mol. The number of halogens is 1. The molecular formula is C19H21FN2O3S. The Bertz CT molecular complexity index is 824. The molecule has 0 radical (unpaired) electrons. The van der Waals surface area contributed by atoms with Gasteiger partial charge in [0, 0.05) is 17.3 Å². The minimum atomic E-state index is -0.513. The van der Waals surface area contributed by atoms with E-state index in [1.165, 1.54) is 30.0 Å². The highest BCUT2D eigenvalue weighted by Crippen LogP contribution is 2.31. The summed E-state index contributed by atoms with van der Waals surface area (Å²) in [5, 5.41) is 14.0. The smallest absolute Gasteiger partial charge is 0.283 e. The first-order valence-corrected chi connectivity index (χ1v) is 9.25. The van der Waals surface area contributed by atoms with Gasteiger partial charge < -0.3 is 5.32 Å². The topological polar surface area (TPSA) is 72.2 Å². The fourth-order valence-corrected chi connectivity index (χ4v) is 3.51. The second-order valence-corrected chi connectivity index (χ2v) is 7.52. The average Bonchev–Trinajstić information content (AvgIpc) is 2.57. The van der Waals surface area contributed by atoms with Crippen LogP contribution >= 0.6 is 11.8 Å². The van der Waals surface area contributed by atoms with Crippen LogP contribution < -0.4 is 5.32 Å². The zero-order valence-corrected chi connectivity index (χ0v) is 15.7. The van der Waals surface area contributed by atoms with Crippen LogP contribution in [0.2, 0.25) is 0 Å². The number of benzene rings is 2. The van der Waals surface area contributed by atoms with E-state index in [0.717, 1.165) is 12.2 Å². The Labute approximate surface area is 156 Å². The molecule has 0 saturated heterocycles. The van der Waals surface area contributed by atoms with Crippen LogP contribution in [0.25, 0.3) is 0 Å². The van der Waals surface area contributed by atoms with Gasteiger partial charge in [0.15, 0.2) is 0 Å². The summed E-state index contributed by atoms with van der Waals surface area (Å²) in [7, 11) is 0. The van der Waals surface area contributed by atoms with Crippen LogP contribution in [-0.2, 0) is 0 Å². The van der Waals surface area contributed by atoms with Gasteiger partial charge in [-0.3, -0.25) is 14.9 Å². The zero-order valence-electron chi connectivity index (χ0n) is 14.9. The molecule has 138 valence electrons. The molecule has 0 spiro atoms. The van der Waals surface area contributed by atoms with Gasteiger partial charge in [0.2, 0.25) is 0 Å². The maximum atomic E-state index is 13.4. The van der Waals surface area contributed by atoms with Crippen LogP contribution in [0.1, 0.15) is 36.2 Å². The molecule has 1 amide bonds. The molecule has 0 aliphatic rings. The molecule has 1 N–H and O–H groups in total. The molecule has 2 rings (SSSR count). The van der Waals surface area contributed by atoms with Gasteiger partial charge in [0.05, 0.1) is 9.82 Å².